The molecule has 0 saturated carbocycles. The first-order valence-electron chi connectivity index (χ1n) is 8.59. The molecule has 2 fully saturated rings. The lowest BCUT2D eigenvalue weighted by Crippen LogP contribution is -2.37. The number of hydrogen-bond donors (Lipinski definition) is 0. The molecule has 9 heteroatoms. The lowest BCUT2D eigenvalue weighted by molar-refractivity contribution is -0.117. The van der Waals surface area contributed by atoms with E-state index in [9.17, 15) is 13.2 Å². The quantitative estimate of drug-likeness (QED) is 0.548. The Bertz CT molecular complexity index is 1070. The van der Waals surface area contributed by atoms with E-state index >= 15 is 0 Å². The number of thioether (sulfide) groups is 1. The van der Waals surface area contributed by atoms with Gasteiger partial charge in [0.1, 0.15) is 0 Å². The highest BCUT2D eigenvalue weighted by molar-refractivity contribution is 14.1. The van der Waals surface area contributed by atoms with Crippen LogP contribution in [0.1, 0.15) is 5.56 Å². The normalized spacial score (nSPS) is 24.5. The van der Waals surface area contributed by atoms with Crippen LogP contribution in [-0.2, 0) is 21.1 Å². The van der Waals surface area contributed by atoms with Crippen molar-refractivity contribution < 1.29 is 13.2 Å². The Morgan fingerprint density at radius 2 is 2.00 bits per heavy atom. The van der Waals surface area contributed by atoms with E-state index < -0.39 is 9.84 Å². The molecule has 1 amide bonds. The summed E-state index contributed by atoms with van der Waals surface area (Å²) in [5, 5.41) is 0.978. The van der Waals surface area contributed by atoms with E-state index in [-0.39, 0.29) is 35.1 Å². The molecule has 0 aromatic heterocycles. The highest BCUT2D eigenvalue weighted by Gasteiger charge is 2.49. The van der Waals surface area contributed by atoms with Gasteiger partial charge in [0.25, 0.3) is 5.91 Å². The maximum absolute atomic E-state index is 12.6. The molecule has 0 spiro atoms. The number of amidine groups is 1. The summed E-state index contributed by atoms with van der Waals surface area (Å²) < 4.78 is 25.3. The number of carbonyl (C=O) groups excluding carboxylic acids is 1. The van der Waals surface area contributed by atoms with E-state index in [1.807, 2.05) is 41.3 Å². The summed E-state index contributed by atoms with van der Waals surface area (Å²) in [6.07, 6.45) is 0.109. The Kier molecular flexibility index (Phi) is 5.74. The number of halogens is 2. The number of nitrogens with zero attached hydrogens (tertiary/aromatic N) is 2. The van der Waals surface area contributed by atoms with Crippen LogP contribution in [0.15, 0.2) is 53.5 Å². The van der Waals surface area contributed by atoms with Crippen LogP contribution in [-0.4, -0.2) is 42.3 Å². The molecule has 4 rings (SSSR count). The number of rotatable bonds is 3. The van der Waals surface area contributed by atoms with Gasteiger partial charge < -0.3 is 4.90 Å². The standard InChI is InChI=1S/C19H16ClIN2O3S2/c20-15-7-2-1-4-12(15)8-18(24)22-19-23(14-6-3-5-13(21)9-14)16-10-28(25,26)11-17(16)27-19/h1-7,9,16-17H,8,10-11H2/t16-,17-/m0/s1. The first-order valence-corrected chi connectivity index (χ1v) is 12.7. The van der Waals surface area contributed by atoms with Gasteiger partial charge in [0, 0.05) is 19.5 Å². The number of hydrogen-bond acceptors (Lipinski definition) is 4. The van der Waals surface area contributed by atoms with Gasteiger partial charge >= 0.3 is 0 Å². The molecule has 0 aliphatic carbocycles. The molecule has 146 valence electrons. The van der Waals surface area contributed by atoms with Crippen LogP contribution in [0.3, 0.4) is 0 Å². The van der Waals surface area contributed by atoms with Crippen LogP contribution in [0.25, 0.3) is 0 Å². The highest BCUT2D eigenvalue weighted by atomic mass is 127. The van der Waals surface area contributed by atoms with E-state index in [1.54, 1.807) is 12.1 Å². The number of anilines is 1. The zero-order valence-corrected chi connectivity index (χ0v) is 19.1. The molecule has 0 N–H and O–H groups in total. The fraction of sp³-hybridized carbons (Fsp3) is 0.263. The van der Waals surface area contributed by atoms with Crippen LogP contribution in [0.2, 0.25) is 5.02 Å². The lowest BCUT2D eigenvalue weighted by atomic mass is 10.1. The molecule has 2 aliphatic rings. The second kappa shape index (κ2) is 7.97. The van der Waals surface area contributed by atoms with E-state index in [2.05, 4.69) is 27.6 Å². The molecule has 0 bridgehead atoms. The topological polar surface area (TPSA) is 66.8 Å². The summed E-state index contributed by atoms with van der Waals surface area (Å²) in [6, 6.07) is 14.8. The van der Waals surface area contributed by atoms with Crippen molar-refractivity contribution in [1.29, 1.82) is 0 Å². The summed E-state index contributed by atoms with van der Waals surface area (Å²) >= 11 is 9.75. The Labute approximate surface area is 186 Å². The predicted molar refractivity (Wildman–Crippen MR) is 123 cm³/mol. The largest absolute Gasteiger partial charge is 0.316 e. The summed E-state index contributed by atoms with van der Waals surface area (Å²) in [5.41, 5.74) is 1.58. The molecule has 0 radical (unpaired) electrons. The number of aliphatic imine (C=N–C) groups is 1. The Hall–Kier alpha value is -1.10. The average Bonchev–Trinajstić information content (AvgIpc) is 3.07. The number of amides is 1. The van der Waals surface area contributed by atoms with Gasteiger partial charge in [-0.3, -0.25) is 4.79 Å². The molecule has 0 unspecified atom stereocenters. The maximum atomic E-state index is 12.6. The summed E-state index contributed by atoms with van der Waals surface area (Å²) in [5.74, 6) is -0.108. The second-order valence-corrected chi connectivity index (χ2v) is 11.7. The molecule has 2 aliphatic heterocycles. The Morgan fingerprint density at radius 3 is 2.75 bits per heavy atom. The highest BCUT2D eigenvalue weighted by Crippen LogP contribution is 2.41. The Morgan fingerprint density at radius 1 is 1.21 bits per heavy atom. The molecule has 5 nitrogen and oxygen atoms in total. The number of benzene rings is 2. The Balaban J connectivity index is 1.66. The van der Waals surface area contributed by atoms with E-state index in [0.717, 1.165) is 14.8 Å². The van der Waals surface area contributed by atoms with Crippen molar-refractivity contribution in [3.63, 3.8) is 0 Å². The molecule has 2 heterocycles. The third-order valence-electron chi connectivity index (χ3n) is 4.67. The number of fused-ring (bicyclic) bond motifs is 1. The van der Waals surface area contributed by atoms with Gasteiger partial charge in [-0.05, 0) is 52.4 Å². The zero-order chi connectivity index (χ0) is 19.9. The molecule has 28 heavy (non-hydrogen) atoms. The smallest absolute Gasteiger partial charge is 0.252 e. The fourth-order valence-corrected chi connectivity index (χ4v) is 8.10. The number of sulfone groups is 1. The molecule has 2 atom stereocenters. The average molecular weight is 547 g/mol. The van der Waals surface area contributed by atoms with Gasteiger partial charge in [0.05, 0.1) is 24.0 Å². The van der Waals surface area contributed by atoms with Gasteiger partial charge in [-0.2, -0.15) is 4.99 Å². The lowest BCUT2D eigenvalue weighted by Gasteiger charge is -2.24. The molecule has 2 saturated heterocycles. The van der Waals surface area contributed by atoms with Crippen LogP contribution in [0, 0.1) is 3.57 Å². The summed E-state index contributed by atoms with van der Waals surface area (Å²) in [4.78, 5) is 18.9. The van der Waals surface area contributed by atoms with Gasteiger partial charge in [-0.1, -0.05) is 47.6 Å². The second-order valence-electron chi connectivity index (χ2n) is 6.71. The zero-order valence-electron chi connectivity index (χ0n) is 14.6. The van der Waals surface area contributed by atoms with Gasteiger partial charge in [0.2, 0.25) is 0 Å². The van der Waals surface area contributed by atoms with Crippen molar-refractivity contribution in [1.82, 2.24) is 0 Å². The van der Waals surface area contributed by atoms with Crippen LogP contribution in [0.4, 0.5) is 5.69 Å². The molecule has 2 aromatic carbocycles. The fourth-order valence-electron chi connectivity index (χ4n) is 3.44. The van der Waals surface area contributed by atoms with Crippen LogP contribution in [0.5, 0.6) is 0 Å². The van der Waals surface area contributed by atoms with E-state index in [0.29, 0.717) is 10.2 Å². The SMILES string of the molecule is O=C(Cc1ccccc1Cl)N=C1S[C@H]2CS(=O)(=O)C[C@@H]2N1c1cccc(I)c1. The van der Waals surface area contributed by atoms with Crippen molar-refractivity contribution in [2.75, 3.05) is 16.4 Å². The predicted octanol–water partition coefficient (Wildman–Crippen LogP) is 3.79. The maximum Gasteiger partial charge on any atom is 0.252 e. The van der Waals surface area contributed by atoms with Gasteiger partial charge in [-0.25, -0.2) is 8.42 Å². The monoisotopic (exact) mass is 546 g/mol. The van der Waals surface area contributed by atoms with E-state index in [1.165, 1.54) is 11.8 Å². The van der Waals surface area contributed by atoms with Crippen molar-refractivity contribution in [3.8, 4) is 0 Å². The van der Waals surface area contributed by atoms with E-state index in [4.69, 9.17) is 11.6 Å². The van der Waals surface area contributed by atoms with Crippen molar-refractivity contribution in [2.24, 2.45) is 4.99 Å². The molecule has 2 aromatic rings. The first-order chi connectivity index (χ1) is 13.3. The third-order valence-corrected chi connectivity index (χ3v) is 8.92. The summed E-state index contributed by atoms with van der Waals surface area (Å²) in [6.45, 7) is 0. The summed E-state index contributed by atoms with van der Waals surface area (Å²) in [7, 11) is -3.08. The molecular weight excluding hydrogens is 531 g/mol. The van der Waals surface area contributed by atoms with Crippen molar-refractivity contribution in [3.05, 3.63) is 62.7 Å². The minimum Gasteiger partial charge on any atom is -0.316 e. The van der Waals surface area contributed by atoms with Gasteiger partial charge in [-0.15, -0.1) is 0 Å². The first kappa shape index (κ1) is 20.2. The van der Waals surface area contributed by atoms with Crippen molar-refractivity contribution >= 4 is 72.6 Å². The minimum absolute atomic E-state index is 0.0772. The molecular formula is C19H16ClIN2O3S2. The van der Waals surface area contributed by atoms with Crippen molar-refractivity contribution in [2.45, 2.75) is 17.7 Å². The minimum atomic E-state index is -3.08. The number of carbonyl (C=O) groups is 1. The third kappa shape index (κ3) is 4.24. The van der Waals surface area contributed by atoms with Gasteiger partial charge in [0.15, 0.2) is 15.0 Å². The van der Waals surface area contributed by atoms with Crippen LogP contribution < -0.4 is 4.90 Å². The van der Waals surface area contributed by atoms with Crippen LogP contribution >= 0.6 is 46.0 Å².